The molecule has 2 N–H and O–H groups in total. The van der Waals surface area contributed by atoms with Crippen LogP contribution < -0.4 is 5.73 Å². The molecular formula is C13H27NO3. The average Bonchev–Trinajstić information content (AvgIpc) is 2.34. The minimum absolute atomic E-state index is 0.264. The lowest BCUT2D eigenvalue weighted by Gasteiger charge is -2.35. The molecule has 0 aromatic heterocycles. The molecule has 0 saturated carbocycles. The third-order valence-corrected chi connectivity index (χ3v) is 3.13. The fourth-order valence-electron chi connectivity index (χ4n) is 1.90. The minimum Gasteiger partial charge on any atom is -0.379 e. The zero-order valence-corrected chi connectivity index (χ0v) is 11.2. The average molecular weight is 245 g/mol. The van der Waals surface area contributed by atoms with E-state index >= 15 is 0 Å². The third-order valence-electron chi connectivity index (χ3n) is 3.13. The van der Waals surface area contributed by atoms with Crippen LogP contribution in [0.3, 0.4) is 0 Å². The predicted octanol–water partition coefficient (Wildman–Crippen LogP) is 1.57. The molecule has 1 saturated heterocycles. The van der Waals surface area contributed by atoms with Gasteiger partial charge in [0.15, 0.2) is 0 Å². The van der Waals surface area contributed by atoms with Crippen LogP contribution in [0.4, 0.5) is 0 Å². The van der Waals surface area contributed by atoms with Crippen molar-refractivity contribution < 1.29 is 14.2 Å². The second-order valence-corrected chi connectivity index (χ2v) is 5.19. The Balaban J connectivity index is 2.07. The standard InChI is InChI=1S/C13H27NO3/c1-12(2)4-7-15-8-9-17-13(10-14)5-3-6-16-11-13/h12H,3-11,14H2,1-2H3. The second kappa shape index (κ2) is 8.03. The summed E-state index contributed by atoms with van der Waals surface area (Å²) in [6, 6.07) is 0. The largest absolute Gasteiger partial charge is 0.379 e. The number of nitrogens with two attached hydrogens (primary N) is 1. The van der Waals surface area contributed by atoms with Gasteiger partial charge < -0.3 is 19.9 Å². The first-order valence-corrected chi connectivity index (χ1v) is 6.68. The molecule has 1 unspecified atom stereocenters. The zero-order chi connectivity index (χ0) is 12.6. The van der Waals surface area contributed by atoms with Crippen LogP contribution in [-0.2, 0) is 14.2 Å². The van der Waals surface area contributed by atoms with E-state index < -0.39 is 0 Å². The van der Waals surface area contributed by atoms with Crippen LogP contribution in [0.1, 0.15) is 33.1 Å². The van der Waals surface area contributed by atoms with Crippen molar-refractivity contribution in [1.29, 1.82) is 0 Å². The zero-order valence-electron chi connectivity index (χ0n) is 11.2. The van der Waals surface area contributed by atoms with Crippen molar-refractivity contribution >= 4 is 0 Å². The van der Waals surface area contributed by atoms with Crippen molar-refractivity contribution in [2.75, 3.05) is 39.6 Å². The highest BCUT2D eigenvalue weighted by Crippen LogP contribution is 2.22. The molecule has 1 heterocycles. The molecule has 1 aliphatic rings. The Morgan fingerprint density at radius 1 is 1.29 bits per heavy atom. The van der Waals surface area contributed by atoms with Crippen LogP contribution in [0.15, 0.2) is 0 Å². The van der Waals surface area contributed by atoms with Crippen LogP contribution >= 0.6 is 0 Å². The Kier molecular flexibility index (Phi) is 7.04. The molecular weight excluding hydrogens is 218 g/mol. The van der Waals surface area contributed by atoms with Crippen molar-refractivity contribution in [3.8, 4) is 0 Å². The molecule has 0 bridgehead atoms. The van der Waals surface area contributed by atoms with Gasteiger partial charge in [-0.15, -0.1) is 0 Å². The Hall–Kier alpha value is -0.160. The summed E-state index contributed by atoms with van der Waals surface area (Å²) in [5.41, 5.74) is 5.51. The van der Waals surface area contributed by atoms with Gasteiger partial charge in [0.2, 0.25) is 0 Å². The maximum atomic E-state index is 5.85. The number of rotatable bonds is 8. The van der Waals surface area contributed by atoms with Gasteiger partial charge in [0.1, 0.15) is 5.60 Å². The quantitative estimate of drug-likeness (QED) is 0.660. The molecule has 4 heteroatoms. The first-order chi connectivity index (χ1) is 8.18. The lowest BCUT2D eigenvalue weighted by atomic mass is 9.97. The van der Waals surface area contributed by atoms with E-state index in [2.05, 4.69) is 13.8 Å². The molecule has 0 aromatic rings. The fraction of sp³-hybridized carbons (Fsp3) is 1.00. The summed E-state index contributed by atoms with van der Waals surface area (Å²) >= 11 is 0. The highest BCUT2D eigenvalue weighted by molar-refractivity contribution is 4.84. The van der Waals surface area contributed by atoms with Gasteiger partial charge in [-0.3, -0.25) is 0 Å². The lowest BCUT2D eigenvalue weighted by Crippen LogP contribution is -2.48. The Morgan fingerprint density at radius 3 is 2.71 bits per heavy atom. The Bertz CT molecular complexity index is 191. The van der Waals surface area contributed by atoms with E-state index in [1.54, 1.807) is 0 Å². The van der Waals surface area contributed by atoms with Crippen LogP contribution in [0.2, 0.25) is 0 Å². The highest BCUT2D eigenvalue weighted by Gasteiger charge is 2.32. The SMILES string of the molecule is CC(C)CCOCCOC1(CN)CCCOC1. The van der Waals surface area contributed by atoms with E-state index in [4.69, 9.17) is 19.9 Å². The van der Waals surface area contributed by atoms with Crippen molar-refractivity contribution in [2.45, 2.75) is 38.7 Å². The van der Waals surface area contributed by atoms with Gasteiger partial charge in [-0.25, -0.2) is 0 Å². The maximum absolute atomic E-state index is 5.85. The van der Waals surface area contributed by atoms with E-state index in [9.17, 15) is 0 Å². The Labute approximate surface area is 105 Å². The summed E-state index contributed by atoms with van der Waals surface area (Å²) in [5, 5.41) is 0. The topological polar surface area (TPSA) is 53.7 Å². The summed E-state index contributed by atoms with van der Waals surface area (Å²) in [5.74, 6) is 0.693. The number of hydrogen-bond donors (Lipinski definition) is 1. The Morgan fingerprint density at radius 2 is 2.12 bits per heavy atom. The minimum atomic E-state index is -0.264. The van der Waals surface area contributed by atoms with Crippen LogP contribution in [0.25, 0.3) is 0 Å². The summed E-state index contributed by atoms with van der Waals surface area (Å²) in [4.78, 5) is 0. The first kappa shape index (κ1) is 14.9. The fourth-order valence-corrected chi connectivity index (χ4v) is 1.90. The smallest absolute Gasteiger partial charge is 0.104 e. The second-order valence-electron chi connectivity index (χ2n) is 5.19. The van der Waals surface area contributed by atoms with Crippen LogP contribution in [0.5, 0.6) is 0 Å². The molecule has 0 amide bonds. The number of ether oxygens (including phenoxy) is 3. The van der Waals surface area contributed by atoms with E-state index in [0.717, 1.165) is 32.5 Å². The summed E-state index contributed by atoms with van der Waals surface area (Å²) in [6.45, 7) is 8.44. The summed E-state index contributed by atoms with van der Waals surface area (Å²) in [7, 11) is 0. The van der Waals surface area contributed by atoms with Gasteiger partial charge in [-0.2, -0.15) is 0 Å². The first-order valence-electron chi connectivity index (χ1n) is 6.68. The third kappa shape index (κ3) is 5.82. The molecule has 0 aliphatic carbocycles. The highest BCUT2D eigenvalue weighted by atomic mass is 16.6. The molecule has 0 spiro atoms. The maximum Gasteiger partial charge on any atom is 0.104 e. The molecule has 1 atom stereocenters. The van der Waals surface area contributed by atoms with Crippen molar-refractivity contribution in [3.63, 3.8) is 0 Å². The molecule has 102 valence electrons. The van der Waals surface area contributed by atoms with Crippen molar-refractivity contribution in [1.82, 2.24) is 0 Å². The van der Waals surface area contributed by atoms with Crippen LogP contribution in [0, 0.1) is 5.92 Å². The van der Waals surface area contributed by atoms with Crippen LogP contribution in [-0.4, -0.2) is 45.2 Å². The molecule has 1 rings (SSSR count). The monoisotopic (exact) mass is 245 g/mol. The summed E-state index contributed by atoms with van der Waals surface area (Å²) < 4.78 is 16.8. The van der Waals surface area contributed by atoms with Gasteiger partial charge in [0.25, 0.3) is 0 Å². The van der Waals surface area contributed by atoms with E-state index in [1.807, 2.05) is 0 Å². The van der Waals surface area contributed by atoms with Crippen molar-refractivity contribution in [3.05, 3.63) is 0 Å². The van der Waals surface area contributed by atoms with E-state index in [0.29, 0.717) is 32.3 Å². The molecule has 17 heavy (non-hydrogen) atoms. The van der Waals surface area contributed by atoms with Gasteiger partial charge in [0.05, 0.1) is 19.8 Å². The van der Waals surface area contributed by atoms with Gasteiger partial charge in [0, 0.05) is 19.8 Å². The molecule has 0 aromatic carbocycles. The van der Waals surface area contributed by atoms with Crippen molar-refractivity contribution in [2.24, 2.45) is 11.7 Å². The number of hydrogen-bond acceptors (Lipinski definition) is 4. The van der Waals surface area contributed by atoms with E-state index in [-0.39, 0.29) is 5.60 Å². The van der Waals surface area contributed by atoms with Gasteiger partial charge in [-0.1, -0.05) is 13.8 Å². The summed E-state index contributed by atoms with van der Waals surface area (Å²) in [6.07, 6.45) is 3.13. The molecule has 0 radical (unpaired) electrons. The normalized spacial score (nSPS) is 25.4. The van der Waals surface area contributed by atoms with E-state index in [1.165, 1.54) is 0 Å². The lowest BCUT2D eigenvalue weighted by molar-refractivity contribution is -0.132. The molecule has 4 nitrogen and oxygen atoms in total. The molecule has 1 fully saturated rings. The van der Waals surface area contributed by atoms with Gasteiger partial charge >= 0.3 is 0 Å². The predicted molar refractivity (Wildman–Crippen MR) is 68.1 cm³/mol. The molecule has 1 aliphatic heterocycles. The van der Waals surface area contributed by atoms with Gasteiger partial charge in [-0.05, 0) is 25.2 Å².